The van der Waals surface area contributed by atoms with E-state index in [4.69, 9.17) is 0 Å². The number of carbonyl (C=O) groups excluding carboxylic acids is 1. The van der Waals surface area contributed by atoms with Gasteiger partial charge in [0, 0.05) is 32.2 Å². The minimum atomic E-state index is -0.718. The van der Waals surface area contributed by atoms with Crippen LogP contribution in [0.4, 0.5) is 17.1 Å². The molecule has 0 unspecified atom stereocenters. The summed E-state index contributed by atoms with van der Waals surface area (Å²) in [6, 6.07) is 3.18. The van der Waals surface area contributed by atoms with Crippen molar-refractivity contribution in [3.05, 3.63) is 27.8 Å². The summed E-state index contributed by atoms with van der Waals surface area (Å²) in [7, 11) is 1.63. The molecule has 0 spiro atoms. The first-order valence-corrected chi connectivity index (χ1v) is 10.5. The highest BCUT2D eigenvalue weighted by molar-refractivity contribution is 6.02. The van der Waals surface area contributed by atoms with Gasteiger partial charge in [-0.3, -0.25) is 14.9 Å². The molecule has 1 aromatic rings. The number of carbonyl (C=O) groups is 1. The molecule has 1 aliphatic carbocycles. The van der Waals surface area contributed by atoms with E-state index in [-0.39, 0.29) is 17.6 Å². The van der Waals surface area contributed by atoms with Gasteiger partial charge in [-0.15, -0.1) is 0 Å². The van der Waals surface area contributed by atoms with E-state index in [1.807, 2.05) is 11.8 Å². The molecule has 0 aromatic heterocycles. The lowest BCUT2D eigenvalue weighted by molar-refractivity contribution is -0.384. The van der Waals surface area contributed by atoms with Crippen molar-refractivity contribution >= 4 is 23.0 Å². The van der Waals surface area contributed by atoms with E-state index in [0.717, 1.165) is 25.7 Å². The molecule has 1 heterocycles. The molecule has 1 aromatic carbocycles. The number of nitrogens with zero attached hydrogens (tertiary/aromatic N) is 2. The van der Waals surface area contributed by atoms with Crippen molar-refractivity contribution in [2.75, 3.05) is 30.4 Å². The Hall–Kier alpha value is -2.35. The first kappa shape index (κ1) is 21.4. The molecule has 0 atom stereocenters. The zero-order valence-corrected chi connectivity index (χ0v) is 17.5. The van der Waals surface area contributed by atoms with Crippen LogP contribution in [-0.2, 0) is 0 Å². The number of anilines is 2. The average molecular weight is 405 g/mol. The van der Waals surface area contributed by atoms with Crippen LogP contribution in [0.3, 0.4) is 0 Å². The molecule has 29 heavy (non-hydrogen) atoms. The van der Waals surface area contributed by atoms with E-state index in [9.17, 15) is 20.0 Å². The first-order chi connectivity index (χ1) is 13.7. The van der Waals surface area contributed by atoms with Gasteiger partial charge in [0.2, 0.25) is 0 Å². The summed E-state index contributed by atoms with van der Waals surface area (Å²) in [5.74, 6) is 0.415. The smallest absolute Gasteiger partial charge is 0.293 e. The van der Waals surface area contributed by atoms with E-state index in [1.54, 1.807) is 13.1 Å². The normalized spacial score (nSPS) is 24.1. The second kappa shape index (κ2) is 8.57. The fourth-order valence-electron chi connectivity index (χ4n) is 4.27. The Morgan fingerprint density at radius 1 is 1.24 bits per heavy atom. The number of nitro benzene ring substituents is 1. The van der Waals surface area contributed by atoms with E-state index < -0.39 is 10.5 Å². The quantitative estimate of drug-likeness (QED) is 0.513. The molecule has 8 heteroatoms. The van der Waals surface area contributed by atoms with Gasteiger partial charge in [0.1, 0.15) is 5.69 Å². The minimum Gasteiger partial charge on any atom is -0.390 e. The molecule has 1 amide bonds. The zero-order valence-electron chi connectivity index (χ0n) is 17.5. The summed E-state index contributed by atoms with van der Waals surface area (Å²) in [4.78, 5) is 26.3. The third-order valence-corrected chi connectivity index (χ3v) is 6.36. The molecule has 2 aliphatic rings. The van der Waals surface area contributed by atoms with Crippen LogP contribution in [0.15, 0.2) is 12.1 Å². The molecule has 2 fully saturated rings. The lowest BCUT2D eigenvalue weighted by Gasteiger charge is -2.38. The summed E-state index contributed by atoms with van der Waals surface area (Å²) >= 11 is 0. The van der Waals surface area contributed by atoms with Gasteiger partial charge in [0.25, 0.3) is 11.6 Å². The van der Waals surface area contributed by atoms with Crippen molar-refractivity contribution in [3.8, 4) is 0 Å². The van der Waals surface area contributed by atoms with Gasteiger partial charge in [0.15, 0.2) is 0 Å². The van der Waals surface area contributed by atoms with Crippen LogP contribution in [0.25, 0.3) is 0 Å². The van der Waals surface area contributed by atoms with Crippen LogP contribution in [0.2, 0.25) is 0 Å². The Morgan fingerprint density at radius 2 is 1.86 bits per heavy atom. The van der Waals surface area contributed by atoms with Crippen LogP contribution in [0.5, 0.6) is 0 Å². The fraction of sp³-hybridized carbons (Fsp3) is 0.667. The van der Waals surface area contributed by atoms with Crippen molar-refractivity contribution in [2.24, 2.45) is 5.92 Å². The van der Waals surface area contributed by atoms with Crippen molar-refractivity contribution in [3.63, 3.8) is 0 Å². The van der Waals surface area contributed by atoms with Gasteiger partial charge >= 0.3 is 0 Å². The Kier molecular flexibility index (Phi) is 6.31. The number of benzene rings is 1. The standard InChI is InChI=1S/C21H32N4O4/c1-14-4-6-15(7-5-14)23-20(26)16-12-19(25(28)29)17(22-3)13-18(16)24-10-8-21(2,27)9-11-24/h12-15,22,27H,4-11H2,1-3H3,(H,23,26)/t14-,15-. The zero-order chi connectivity index (χ0) is 21.2. The predicted octanol–water partition coefficient (Wildman–Crippen LogP) is 3.30. The van der Waals surface area contributed by atoms with Gasteiger partial charge in [-0.05, 0) is 57.4 Å². The Balaban J connectivity index is 1.91. The second-order valence-corrected chi connectivity index (χ2v) is 8.81. The topological polar surface area (TPSA) is 108 Å². The molecule has 0 radical (unpaired) electrons. The summed E-state index contributed by atoms with van der Waals surface area (Å²) < 4.78 is 0. The average Bonchev–Trinajstić information content (AvgIpc) is 2.68. The van der Waals surface area contributed by atoms with Crippen LogP contribution in [-0.4, -0.2) is 47.7 Å². The van der Waals surface area contributed by atoms with Gasteiger partial charge in [-0.1, -0.05) is 6.92 Å². The molecular weight excluding hydrogens is 372 g/mol. The first-order valence-electron chi connectivity index (χ1n) is 10.5. The van der Waals surface area contributed by atoms with Crippen LogP contribution < -0.4 is 15.5 Å². The minimum absolute atomic E-state index is 0.108. The van der Waals surface area contributed by atoms with Crippen molar-refractivity contribution < 1.29 is 14.8 Å². The molecule has 160 valence electrons. The largest absolute Gasteiger partial charge is 0.390 e. The number of rotatable bonds is 5. The van der Waals surface area contributed by atoms with E-state index in [2.05, 4.69) is 17.6 Å². The van der Waals surface area contributed by atoms with Crippen LogP contribution in [0.1, 0.15) is 62.7 Å². The molecule has 1 saturated carbocycles. The second-order valence-electron chi connectivity index (χ2n) is 8.81. The van der Waals surface area contributed by atoms with E-state index in [0.29, 0.717) is 48.8 Å². The third-order valence-electron chi connectivity index (χ3n) is 6.36. The highest BCUT2D eigenvalue weighted by Gasteiger charge is 2.31. The molecule has 3 N–H and O–H groups in total. The Bertz CT molecular complexity index is 762. The lowest BCUT2D eigenvalue weighted by Crippen LogP contribution is -2.44. The van der Waals surface area contributed by atoms with Crippen molar-refractivity contribution in [1.82, 2.24) is 5.32 Å². The van der Waals surface area contributed by atoms with Gasteiger partial charge in [0.05, 0.1) is 21.8 Å². The highest BCUT2D eigenvalue weighted by Crippen LogP contribution is 2.36. The monoisotopic (exact) mass is 404 g/mol. The molecular formula is C21H32N4O4. The third kappa shape index (κ3) is 4.98. The fourth-order valence-corrected chi connectivity index (χ4v) is 4.27. The SMILES string of the molecule is CNc1cc(N2CCC(C)(O)CC2)c(C(=O)N[C@H]2CC[C@H](C)CC2)cc1[N+](=O)[O-]. The molecule has 1 aliphatic heterocycles. The van der Waals surface area contributed by atoms with E-state index >= 15 is 0 Å². The van der Waals surface area contributed by atoms with Gasteiger partial charge in [-0.2, -0.15) is 0 Å². The number of nitrogens with one attached hydrogen (secondary N) is 2. The Morgan fingerprint density at radius 3 is 2.41 bits per heavy atom. The number of aliphatic hydroxyl groups is 1. The maximum Gasteiger partial charge on any atom is 0.293 e. The number of hydrogen-bond donors (Lipinski definition) is 3. The summed E-state index contributed by atoms with van der Waals surface area (Å²) in [5, 5.41) is 27.8. The van der Waals surface area contributed by atoms with Gasteiger partial charge in [-0.25, -0.2) is 0 Å². The summed E-state index contributed by atoms with van der Waals surface area (Å²) in [5.41, 5.74) is 0.561. The highest BCUT2D eigenvalue weighted by atomic mass is 16.6. The molecule has 8 nitrogen and oxygen atoms in total. The van der Waals surface area contributed by atoms with E-state index in [1.165, 1.54) is 6.07 Å². The molecule has 0 bridgehead atoms. The number of nitro groups is 1. The number of amides is 1. The van der Waals surface area contributed by atoms with Crippen molar-refractivity contribution in [1.29, 1.82) is 0 Å². The predicted molar refractivity (Wildman–Crippen MR) is 114 cm³/mol. The van der Waals surface area contributed by atoms with Crippen LogP contribution >= 0.6 is 0 Å². The maximum absolute atomic E-state index is 13.1. The summed E-state index contributed by atoms with van der Waals surface area (Å²) in [6.07, 6.45) is 5.20. The Labute approximate surface area is 171 Å². The number of piperidine rings is 1. The van der Waals surface area contributed by atoms with Crippen LogP contribution in [0, 0.1) is 16.0 Å². The lowest BCUT2D eigenvalue weighted by atomic mass is 9.87. The molecule has 3 rings (SSSR count). The summed E-state index contributed by atoms with van der Waals surface area (Å²) in [6.45, 7) is 5.22. The number of hydrogen-bond acceptors (Lipinski definition) is 6. The maximum atomic E-state index is 13.1. The van der Waals surface area contributed by atoms with Gasteiger partial charge < -0.3 is 20.6 Å². The van der Waals surface area contributed by atoms with Crippen molar-refractivity contribution in [2.45, 2.75) is 64.0 Å². The molecule has 1 saturated heterocycles.